The molecule has 1 aromatic rings. The Morgan fingerprint density at radius 3 is 2.71 bits per heavy atom. The van der Waals surface area contributed by atoms with Gasteiger partial charge in [0.1, 0.15) is 17.1 Å². The van der Waals surface area contributed by atoms with Crippen LogP contribution in [0.15, 0.2) is 6.07 Å². The van der Waals surface area contributed by atoms with Gasteiger partial charge < -0.3 is 14.9 Å². The van der Waals surface area contributed by atoms with Crippen molar-refractivity contribution in [2.75, 3.05) is 6.61 Å². The van der Waals surface area contributed by atoms with Crippen LogP contribution in [0.25, 0.3) is 0 Å². The predicted octanol–water partition coefficient (Wildman–Crippen LogP) is 2.48. The van der Waals surface area contributed by atoms with Gasteiger partial charge in [0.25, 0.3) is 0 Å². The average Bonchev–Trinajstić information content (AvgIpc) is 2.28. The topological polar surface area (TPSA) is 49.7 Å². The molecule has 3 nitrogen and oxygen atoms in total. The lowest BCUT2D eigenvalue weighted by Gasteiger charge is -2.36. The Morgan fingerprint density at radius 1 is 1.35 bits per heavy atom. The van der Waals surface area contributed by atoms with E-state index in [-0.39, 0.29) is 12.2 Å². The van der Waals surface area contributed by atoms with Crippen LogP contribution in [0.1, 0.15) is 36.5 Å². The van der Waals surface area contributed by atoms with Gasteiger partial charge in [-0.1, -0.05) is 0 Å². The molecule has 0 amide bonds. The molecule has 17 heavy (non-hydrogen) atoms. The van der Waals surface area contributed by atoms with Crippen LogP contribution in [0.2, 0.25) is 0 Å². The molecular weight excluding hydrogens is 216 g/mol. The molecular formula is C14H20O3. The number of rotatable bonds is 2. The number of fused-ring (bicyclic) bond motifs is 1. The molecule has 1 aromatic carbocycles. The first-order chi connectivity index (χ1) is 7.97. The van der Waals surface area contributed by atoms with Gasteiger partial charge in [-0.25, -0.2) is 0 Å². The zero-order chi connectivity index (χ0) is 12.6. The normalized spacial score (nSPS) is 23.1. The first-order valence-electron chi connectivity index (χ1n) is 6.09. The fraction of sp³-hybridized carbons (Fsp3) is 0.571. The van der Waals surface area contributed by atoms with E-state index in [9.17, 15) is 5.11 Å². The summed E-state index contributed by atoms with van der Waals surface area (Å²) < 4.78 is 6.06. The minimum Gasteiger partial charge on any atom is -0.508 e. The standard InChI is InChI=1S/C14H20O3/c1-9-10(2)13-11(8-12(9)16)4-5-14(3,17-13)6-7-15/h8,15-16H,4-7H2,1-3H3. The molecule has 1 unspecified atom stereocenters. The van der Waals surface area contributed by atoms with Crippen molar-refractivity contribution >= 4 is 0 Å². The summed E-state index contributed by atoms with van der Waals surface area (Å²) in [4.78, 5) is 0. The second kappa shape index (κ2) is 4.22. The van der Waals surface area contributed by atoms with E-state index in [0.29, 0.717) is 12.2 Å². The number of phenolic OH excluding ortho intramolecular Hbond substituents is 1. The molecule has 3 heteroatoms. The summed E-state index contributed by atoms with van der Waals surface area (Å²) in [5.41, 5.74) is 2.66. The van der Waals surface area contributed by atoms with Gasteiger partial charge in [-0.05, 0) is 56.4 Å². The monoisotopic (exact) mass is 236 g/mol. The number of aryl methyl sites for hydroxylation is 1. The van der Waals surface area contributed by atoms with Gasteiger partial charge in [0.15, 0.2) is 0 Å². The molecule has 1 aliphatic heterocycles. The molecule has 0 bridgehead atoms. The maximum Gasteiger partial charge on any atom is 0.126 e. The molecule has 1 heterocycles. The van der Waals surface area contributed by atoms with Crippen molar-refractivity contribution < 1.29 is 14.9 Å². The lowest BCUT2D eigenvalue weighted by molar-refractivity contribution is 0.0380. The number of ether oxygens (including phenoxy) is 1. The van der Waals surface area contributed by atoms with Crippen LogP contribution in [-0.2, 0) is 6.42 Å². The smallest absolute Gasteiger partial charge is 0.126 e. The summed E-state index contributed by atoms with van der Waals surface area (Å²) in [5.74, 6) is 1.23. The van der Waals surface area contributed by atoms with E-state index in [2.05, 4.69) is 0 Å². The SMILES string of the molecule is Cc1c(O)cc2c(c1C)OC(C)(CCO)CC2. The van der Waals surface area contributed by atoms with E-state index in [0.717, 1.165) is 35.3 Å². The van der Waals surface area contributed by atoms with E-state index >= 15 is 0 Å². The van der Waals surface area contributed by atoms with Crippen LogP contribution in [-0.4, -0.2) is 22.4 Å². The van der Waals surface area contributed by atoms with E-state index < -0.39 is 0 Å². The molecule has 1 aliphatic rings. The first-order valence-corrected chi connectivity index (χ1v) is 6.09. The number of aliphatic hydroxyl groups excluding tert-OH is 1. The molecule has 0 saturated heterocycles. The second-order valence-corrected chi connectivity index (χ2v) is 5.16. The molecule has 0 spiro atoms. The molecule has 0 saturated carbocycles. The molecule has 0 fully saturated rings. The number of hydrogen-bond acceptors (Lipinski definition) is 3. The minimum absolute atomic E-state index is 0.141. The van der Waals surface area contributed by atoms with Crippen molar-refractivity contribution in [1.82, 2.24) is 0 Å². The van der Waals surface area contributed by atoms with Gasteiger partial charge in [0.05, 0.1) is 0 Å². The van der Waals surface area contributed by atoms with Gasteiger partial charge in [-0.2, -0.15) is 0 Å². The highest BCUT2D eigenvalue weighted by molar-refractivity contribution is 5.53. The quantitative estimate of drug-likeness (QED) is 0.829. The highest BCUT2D eigenvalue weighted by Crippen LogP contribution is 2.41. The Kier molecular flexibility index (Phi) is 3.04. The van der Waals surface area contributed by atoms with E-state index in [4.69, 9.17) is 9.84 Å². The summed E-state index contributed by atoms with van der Waals surface area (Å²) in [6.07, 6.45) is 2.41. The summed E-state index contributed by atoms with van der Waals surface area (Å²) >= 11 is 0. The van der Waals surface area contributed by atoms with E-state index in [1.165, 1.54) is 0 Å². The maximum atomic E-state index is 9.79. The molecule has 0 radical (unpaired) electrons. The van der Waals surface area contributed by atoms with Crippen molar-refractivity contribution in [3.63, 3.8) is 0 Å². The van der Waals surface area contributed by atoms with Crippen LogP contribution < -0.4 is 4.74 Å². The zero-order valence-electron chi connectivity index (χ0n) is 10.7. The highest BCUT2D eigenvalue weighted by Gasteiger charge is 2.32. The number of phenols is 1. The van der Waals surface area contributed by atoms with Crippen molar-refractivity contribution in [1.29, 1.82) is 0 Å². The zero-order valence-corrected chi connectivity index (χ0v) is 10.7. The fourth-order valence-corrected chi connectivity index (χ4v) is 2.38. The Hall–Kier alpha value is -1.22. The minimum atomic E-state index is -0.282. The van der Waals surface area contributed by atoms with Crippen LogP contribution in [0.4, 0.5) is 0 Å². The Morgan fingerprint density at radius 2 is 2.06 bits per heavy atom. The summed E-state index contributed by atoms with van der Waals surface area (Å²) in [5, 5.41) is 18.9. The highest BCUT2D eigenvalue weighted by atomic mass is 16.5. The van der Waals surface area contributed by atoms with Gasteiger partial charge >= 0.3 is 0 Å². The summed E-state index contributed by atoms with van der Waals surface area (Å²) in [6, 6.07) is 1.80. The molecule has 94 valence electrons. The average molecular weight is 236 g/mol. The molecule has 0 aromatic heterocycles. The predicted molar refractivity (Wildman–Crippen MR) is 66.6 cm³/mol. The number of aliphatic hydroxyl groups is 1. The number of hydrogen-bond donors (Lipinski definition) is 2. The van der Waals surface area contributed by atoms with Crippen molar-refractivity contribution in [3.8, 4) is 11.5 Å². The van der Waals surface area contributed by atoms with Crippen LogP contribution in [0.3, 0.4) is 0 Å². The van der Waals surface area contributed by atoms with Crippen LogP contribution in [0.5, 0.6) is 11.5 Å². The van der Waals surface area contributed by atoms with Gasteiger partial charge in [0.2, 0.25) is 0 Å². The molecule has 0 aliphatic carbocycles. The lowest BCUT2D eigenvalue weighted by Crippen LogP contribution is -2.37. The van der Waals surface area contributed by atoms with Gasteiger partial charge in [-0.3, -0.25) is 0 Å². The summed E-state index contributed by atoms with van der Waals surface area (Å²) in [7, 11) is 0. The lowest BCUT2D eigenvalue weighted by atomic mass is 9.88. The Balaban J connectivity index is 2.41. The van der Waals surface area contributed by atoms with Gasteiger partial charge in [-0.15, -0.1) is 0 Å². The van der Waals surface area contributed by atoms with Crippen LogP contribution in [0, 0.1) is 13.8 Å². The largest absolute Gasteiger partial charge is 0.508 e. The Bertz CT molecular complexity index is 440. The third-order valence-corrected chi connectivity index (χ3v) is 3.80. The second-order valence-electron chi connectivity index (χ2n) is 5.16. The molecule has 2 rings (SSSR count). The first kappa shape index (κ1) is 12.2. The van der Waals surface area contributed by atoms with Crippen molar-refractivity contribution in [3.05, 3.63) is 22.8 Å². The molecule has 1 atom stereocenters. The Labute approximate surface area is 102 Å². The third kappa shape index (κ3) is 2.12. The maximum absolute atomic E-state index is 9.79. The third-order valence-electron chi connectivity index (χ3n) is 3.80. The van der Waals surface area contributed by atoms with E-state index in [1.807, 2.05) is 20.8 Å². The van der Waals surface area contributed by atoms with Crippen LogP contribution >= 0.6 is 0 Å². The molecule has 2 N–H and O–H groups in total. The van der Waals surface area contributed by atoms with Gasteiger partial charge in [0, 0.05) is 13.0 Å². The van der Waals surface area contributed by atoms with Crippen molar-refractivity contribution in [2.24, 2.45) is 0 Å². The number of aromatic hydroxyl groups is 1. The van der Waals surface area contributed by atoms with E-state index in [1.54, 1.807) is 6.07 Å². The number of benzene rings is 1. The van der Waals surface area contributed by atoms with Crippen molar-refractivity contribution in [2.45, 2.75) is 45.6 Å². The fourth-order valence-electron chi connectivity index (χ4n) is 2.38. The summed E-state index contributed by atoms with van der Waals surface area (Å²) in [6.45, 7) is 6.04.